The Morgan fingerprint density at radius 3 is 2.79 bits per heavy atom. The van der Waals surface area contributed by atoms with Crippen LogP contribution >= 0.6 is 0 Å². The number of hydrogen-bond donors (Lipinski definition) is 1. The van der Waals surface area contributed by atoms with Gasteiger partial charge in [0.25, 0.3) is 0 Å². The standard InChI is InChI=1S/C16H18N2O5S/c1-10-8-15(19)23-14-9-11(5-6-12(10)14)17-16(20)13-4-3-7-18(13)24(2,21)22/h5-6,8-9,13H,3-4,7H2,1-2H3,(H,17,20)/t13-/m1/s1. The number of fused-ring (bicyclic) bond motifs is 1. The Kier molecular flexibility index (Phi) is 4.18. The number of carbonyl (C=O) groups is 1. The van der Waals surface area contributed by atoms with Crippen LogP contribution in [0.3, 0.4) is 0 Å². The van der Waals surface area contributed by atoms with Crippen LogP contribution in [-0.2, 0) is 14.8 Å². The molecule has 128 valence electrons. The van der Waals surface area contributed by atoms with Crippen LogP contribution in [0.1, 0.15) is 18.4 Å². The monoisotopic (exact) mass is 350 g/mol. The predicted octanol–water partition coefficient (Wildman–Crippen LogP) is 1.46. The molecule has 8 heteroatoms. The van der Waals surface area contributed by atoms with Crippen LogP contribution in [0.15, 0.2) is 33.5 Å². The summed E-state index contributed by atoms with van der Waals surface area (Å²) in [6.45, 7) is 2.16. The number of hydrogen-bond acceptors (Lipinski definition) is 5. The van der Waals surface area contributed by atoms with Gasteiger partial charge in [0.2, 0.25) is 15.9 Å². The molecular formula is C16H18N2O5S. The molecule has 0 aliphatic carbocycles. The second kappa shape index (κ2) is 6.03. The summed E-state index contributed by atoms with van der Waals surface area (Å²) < 4.78 is 29.9. The molecule has 24 heavy (non-hydrogen) atoms. The van der Waals surface area contributed by atoms with Gasteiger partial charge < -0.3 is 9.73 Å². The summed E-state index contributed by atoms with van der Waals surface area (Å²) in [5.41, 5.74) is 1.17. The zero-order valence-corrected chi connectivity index (χ0v) is 14.2. The van der Waals surface area contributed by atoms with Crippen LogP contribution in [0, 0.1) is 6.92 Å². The van der Waals surface area contributed by atoms with Crippen LogP contribution in [0.25, 0.3) is 11.0 Å². The van der Waals surface area contributed by atoms with Crippen LogP contribution in [-0.4, -0.2) is 37.5 Å². The van der Waals surface area contributed by atoms with Crippen molar-refractivity contribution in [3.63, 3.8) is 0 Å². The lowest BCUT2D eigenvalue weighted by atomic mass is 10.1. The number of amides is 1. The van der Waals surface area contributed by atoms with E-state index >= 15 is 0 Å². The first-order chi connectivity index (χ1) is 11.3. The fraction of sp³-hybridized carbons (Fsp3) is 0.375. The lowest BCUT2D eigenvalue weighted by Gasteiger charge is -2.21. The van der Waals surface area contributed by atoms with Gasteiger partial charge in [-0.1, -0.05) is 0 Å². The molecule has 0 bridgehead atoms. The van der Waals surface area contributed by atoms with E-state index in [4.69, 9.17) is 4.42 Å². The van der Waals surface area contributed by atoms with Gasteiger partial charge in [-0.3, -0.25) is 4.79 Å². The van der Waals surface area contributed by atoms with Crippen LogP contribution in [0.2, 0.25) is 0 Å². The minimum atomic E-state index is -3.42. The van der Waals surface area contributed by atoms with E-state index < -0.39 is 21.7 Å². The Labute approximate surface area is 139 Å². The molecule has 1 aliphatic rings. The average molecular weight is 350 g/mol. The first kappa shape index (κ1) is 16.7. The zero-order valence-electron chi connectivity index (χ0n) is 13.4. The third-order valence-electron chi connectivity index (χ3n) is 4.15. The maximum absolute atomic E-state index is 12.4. The van der Waals surface area contributed by atoms with E-state index in [2.05, 4.69) is 5.32 Å². The van der Waals surface area contributed by atoms with Crippen molar-refractivity contribution in [2.75, 3.05) is 18.1 Å². The minimum Gasteiger partial charge on any atom is -0.423 e. The number of nitrogens with one attached hydrogen (secondary N) is 1. The minimum absolute atomic E-state index is 0.350. The Morgan fingerprint density at radius 2 is 2.08 bits per heavy atom. The van der Waals surface area contributed by atoms with E-state index in [1.165, 1.54) is 10.4 Å². The molecule has 2 heterocycles. The van der Waals surface area contributed by atoms with Crippen molar-refractivity contribution >= 4 is 32.6 Å². The summed E-state index contributed by atoms with van der Waals surface area (Å²) in [6.07, 6.45) is 2.24. The smallest absolute Gasteiger partial charge is 0.336 e. The molecule has 1 aromatic carbocycles. The quantitative estimate of drug-likeness (QED) is 0.846. The van der Waals surface area contributed by atoms with Crippen molar-refractivity contribution in [1.29, 1.82) is 0 Å². The zero-order chi connectivity index (χ0) is 17.5. The van der Waals surface area contributed by atoms with Crippen molar-refractivity contribution < 1.29 is 17.6 Å². The SMILES string of the molecule is Cc1cc(=O)oc2cc(NC(=O)[C@H]3CCCN3S(C)(=O)=O)ccc12. The molecule has 1 amide bonds. The van der Waals surface area contributed by atoms with Gasteiger partial charge >= 0.3 is 5.63 Å². The molecule has 0 unspecified atom stereocenters. The third kappa shape index (κ3) is 3.20. The lowest BCUT2D eigenvalue weighted by Crippen LogP contribution is -2.42. The molecule has 0 radical (unpaired) electrons. The molecule has 7 nitrogen and oxygen atoms in total. The number of benzene rings is 1. The molecule has 1 N–H and O–H groups in total. The predicted molar refractivity (Wildman–Crippen MR) is 90.4 cm³/mol. The van der Waals surface area contributed by atoms with Crippen molar-refractivity contribution in [3.8, 4) is 0 Å². The highest BCUT2D eigenvalue weighted by Crippen LogP contribution is 2.24. The van der Waals surface area contributed by atoms with Gasteiger partial charge in [0, 0.05) is 29.8 Å². The second-order valence-electron chi connectivity index (χ2n) is 5.98. The number of carbonyl (C=O) groups excluding carboxylic acids is 1. The molecule has 1 aromatic heterocycles. The van der Waals surface area contributed by atoms with Crippen LogP contribution in [0.4, 0.5) is 5.69 Å². The van der Waals surface area contributed by atoms with Gasteiger partial charge in [-0.25, -0.2) is 13.2 Å². The van der Waals surface area contributed by atoms with Gasteiger partial charge in [0.15, 0.2) is 0 Å². The van der Waals surface area contributed by atoms with Gasteiger partial charge in [-0.15, -0.1) is 0 Å². The third-order valence-corrected chi connectivity index (χ3v) is 5.44. The van der Waals surface area contributed by atoms with Gasteiger partial charge in [0.1, 0.15) is 11.6 Å². The number of anilines is 1. The summed E-state index contributed by atoms with van der Waals surface area (Å²) in [5, 5.41) is 3.49. The van der Waals surface area contributed by atoms with Crippen molar-refractivity contribution in [2.45, 2.75) is 25.8 Å². The van der Waals surface area contributed by atoms with E-state index in [1.807, 2.05) is 0 Å². The summed E-state index contributed by atoms with van der Waals surface area (Å²) in [6, 6.07) is 5.73. The summed E-state index contributed by atoms with van der Waals surface area (Å²) in [5.74, 6) is -0.382. The van der Waals surface area contributed by atoms with Crippen LogP contribution in [0.5, 0.6) is 0 Å². The second-order valence-corrected chi connectivity index (χ2v) is 7.92. The fourth-order valence-corrected chi connectivity index (χ4v) is 4.15. The molecular weight excluding hydrogens is 332 g/mol. The Morgan fingerprint density at radius 1 is 1.33 bits per heavy atom. The van der Waals surface area contributed by atoms with Gasteiger partial charge in [0.05, 0.1) is 6.26 Å². The molecule has 0 saturated carbocycles. The molecule has 2 aromatic rings. The molecule has 1 fully saturated rings. The lowest BCUT2D eigenvalue weighted by molar-refractivity contribution is -0.119. The summed E-state index contributed by atoms with van der Waals surface area (Å²) >= 11 is 0. The van der Waals surface area contributed by atoms with E-state index in [0.29, 0.717) is 30.7 Å². The molecule has 1 aliphatic heterocycles. The van der Waals surface area contributed by atoms with Crippen molar-refractivity contribution in [1.82, 2.24) is 4.31 Å². The van der Waals surface area contributed by atoms with E-state index in [-0.39, 0.29) is 5.91 Å². The van der Waals surface area contributed by atoms with E-state index in [1.54, 1.807) is 25.1 Å². The largest absolute Gasteiger partial charge is 0.423 e. The normalized spacial score (nSPS) is 18.8. The van der Waals surface area contributed by atoms with Gasteiger partial charge in [-0.05, 0) is 37.5 Å². The Balaban J connectivity index is 1.87. The maximum atomic E-state index is 12.4. The molecule has 1 atom stereocenters. The topological polar surface area (TPSA) is 96.7 Å². The summed E-state index contributed by atoms with van der Waals surface area (Å²) in [7, 11) is -3.42. The van der Waals surface area contributed by atoms with Crippen LogP contribution < -0.4 is 10.9 Å². The first-order valence-corrected chi connectivity index (χ1v) is 9.43. The molecule has 0 spiro atoms. The Bertz CT molecular complexity index is 964. The number of rotatable bonds is 3. The highest BCUT2D eigenvalue weighted by Gasteiger charge is 2.36. The van der Waals surface area contributed by atoms with E-state index in [9.17, 15) is 18.0 Å². The molecule has 3 rings (SSSR count). The van der Waals surface area contributed by atoms with E-state index in [0.717, 1.165) is 17.2 Å². The fourth-order valence-electron chi connectivity index (χ4n) is 3.03. The highest BCUT2D eigenvalue weighted by atomic mass is 32.2. The molecule has 1 saturated heterocycles. The number of nitrogens with zero attached hydrogens (tertiary/aromatic N) is 1. The van der Waals surface area contributed by atoms with Crippen molar-refractivity contribution in [2.24, 2.45) is 0 Å². The summed E-state index contributed by atoms with van der Waals surface area (Å²) in [4.78, 5) is 23.9. The first-order valence-electron chi connectivity index (χ1n) is 7.58. The Hall–Kier alpha value is -2.19. The van der Waals surface area contributed by atoms with Gasteiger partial charge in [-0.2, -0.15) is 4.31 Å². The highest BCUT2D eigenvalue weighted by molar-refractivity contribution is 7.88. The average Bonchev–Trinajstić information content (AvgIpc) is 2.96. The maximum Gasteiger partial charge on any atom is 0.336 e. The van der Waals surface area contributed by atoms with Crippen molar-refractivity contribution in [3.05, 3.63) is 40.2 Å². The number of aryl methyl sites for hydroxylation is 1. The number of sulfonamides is 1.